The minimum absolute atomic E-state index is 0.566. The van der Waals surface area contributed by atoms with Gasteiger partial charge in [0.2, 0.25) is 0 Å². The summed E-state index contributed by atoms with van der Waals surface area (Å²) in [6.45, 7) is 3.55. The van der Waals surface area contributed by atoms with Crippen molar-refractivity contribution in [3.8, 4) is 0 Å². The van der Waals surface area contributed by atoms with E-state index in [1.54, 1.807) is 15.3 Å². The molecule has 1 nitrogen and oxygen atoms in total. The maximum absolute atomic E-state index is 3.70. The van der Waals surface area contributed by atoms with Gasteiger partial charge in [-0.1, -0.05) is 6.42 Å². The largest absolute Gasteiger partial charge is 0.309 e. The third-order valence-electron chi connectivity index (χ3n) is 4.13. The highest BCUT2D eigenvalue weighted by atomic mass is 32.1. The lowest BCUT2D eigenvalue weighted by molar-refractivity contribution is 0.293. The fourth-order valence-electron chi connectivity index (χ4n) is 2.71. The van der Waals surface area contributed by atoms with Crippen LogP contribution in [0.4, 0.5) is 0 Å². The van der Waals surface area contributed by atoms with Gasteiger partial charge in [0, 0.05) is 15.8 Å². The molecule has 2 aliphatic rings. The van der Waals surface area contributed by atoms with Gasteiger partial charge in [-0.2, -0.15) is 0 Å². The first-order chi connectivity index (χ1) is 7.83. The average Bonchev–Trinajstić information content (AvgIpc) is 2.73. The molecule has 0 aliphatic heterocycles. The zero-order valence-electron chi connectivity index (χ0n) is 10.1. The summed E-state index contributed by atoms with van der Waals surface area (Å²) < 4.78 is 0. The van der Waals surface area contributed by atoms with E-state index in [9.17, 15) is 0 Å². The molecule has 1 unspecified atom stereocenters. The predicted octanol–water partition coefficient (Wildman–Crippen LogP) is 3.69. The van der Waals surface area contributed by atoms with E-state index in [0.717, 1.165) is 5.92 Å². The molecule has 88 valence electrons. The lowest BCUT2D eigenvalue weighted by atomic mass is 9.85. The quantitative estimate of drug-likeness (QED) is 0.839. The van der Waals surface area contributed by atoms with Gasteiger partial charge in [0.25, 0.3) is 0 Å². The van der Waals surface area contributed by atoms with Crippen LogP contribution in [0, 0.1) is 5.92 Å². The number of aryl methyl sites for hydroxylation is 2. The van der Waals surface area contributed by atoms with Gasteiger partial charge in [0.15, 0.2) is 0 Å². The number of thiophene rings is 1. The van der Waals surface area contributed by atoms with Crippen LogP contribution in [0.2, 0.25) is 0 Å². The van der Waals surface area contributed by atoms with Crippen LogP contribution in [0.5, 0.6) is 0 Å². The van der Waals surface area contributed by atoms with Crippen LogP contribution in [0.25, 0.3) is 0 Å². The smallest absolute Gasteiger partial charge is 0.0386 e. The van der Waals surface area contributed by atoms with Crippen molar-refractivity contribution in [2.75, 3.05) is 6.54 Å². The van der Waals surface area contributed by atoms with Gasteiger partial charge in [-0.05, 0) is 63.1 Å². The van der Waals surface area contributed by atoms with Crippen LogP contribution in [0.15, 0.2) is 6.07 Å². The number of hydrogen-bond donors (Lipinski definition) is 1. The van der Waals surface area contributed by atoms with Crippen molar-refractivity contribution in [1.29, 1.82) is 0 Å². The summed E-state index contributed by atoms with van der Waals surface area (Å²) in [5.41, 5.74) is 1.64. The lowest BCUT2D eigenvalue weighted by Gasteiger charge is -2.27. The van der Waals surface area contributed by atoms with Crippen molar-refractivity contribution in [2.24, 2.45) is 5.92 Å². The first-order valence-corrected chi connectivity index (χ1v) is 7.49. The van der Waals surface area contributed by atoms with E-state index in [0.29, 0.717) is 6.04 Å². The molecule has 3 rings (SSSR count). The fourth-order valence-corrected chi connectivity index (χ4v) is 3.99. The molecule has 0 aromatic carbocycles. The van der Waals surface area contributed by atoms with Crippen molar-refractivity contribution in [3.05, 3.63) is 21.4 Å². The molecule has 1 atom stereocenters. The highest BCUT2D eigenvalue weighted by molar-refractivity contribution is 7.12. The van der Waals surface area contributed by atoms with Gasteiger partial charge in [0.05, 0.1) is 0 Å². The highest BCUT2D eigenvalue weighted by Gasteiger charge is 2.20. The summed E-state index contributed by atoms with van der Waals surface area (Å²) in [5.74, 6) is 0.967. The van der Waals surface area contributed by atoms with E-state index in [1.165, 1.54) is 45.1 Å². The van der Waals surface area contributed by atoms with Gasteiger partial charge in [-0.25, -0.2) is 0 Å². The Kier molecular flexibility index (Phi) is 3.03. The molecule has 2 aliphatic carbocycles. The normalized spacial score (nSPS) is 21.8. The van der Waals surface area contributed by atoms with Crippen molar-refractivity contribution in [3.63, 3.8) is 0 Å². The van der Waals surface area contributed by atoms with Crippen LogP contribution < -0.4 is 5.32 Å². The minimum Gasteiger partial charge on any atom is -0.309 e. The molecule has 1 N–H and O–H groups in total. The Morgan fingerprint density at radius 1 is 1.38 bits per heavy atom. The molecular weight excluding hydrogens is 214 g/mol. The lowest BCUT2D eigenvalue weighted by Crippen LogP contribution is -2.29. The van der Waals surface area contributed by atoms with Gasteiger partial charge in [-0.15, -0.1) is 11.3 Å². The number of rotatable bonds is 4. The SMILES string of the molecule is CC(NCC1CCC1)c1cc2c(s1)CCC2. The van der Waals surface area contributed by atoms with Crippen molar-refractivity contribution in [2.45, 2.75) is 51.5 Å². The minimum atomic E-state index is 0.566. The molecule has 16 heavy (non-hydrogen) atoms. The van der Waals surface area contributed by atoms with Gasteiger partial charge in [-0.3, -0.25) is 0 Å². The van der Waals surface area contributed by atoms with E-state index in [1.807, 2.05) is 11.3 Å². The third kappa shape index (κ3) is 2.05. The molecule has 2 heteroatoms. The van der Waals surface area contributed by atoms with Crippen molar-refractivity contribution in [1.82, 2.24) is 5.32 Å². The second-order valence-electron chi connectivity index (χ2n) is 5.38. The van der Waals surface area contributed by atoms with Gasteiger partial charge in [0.1, 0.15) is 0 Å². The van der Waals surface area contributed by atoms with Crippen LogP contribution in [0.1, 0.15) is 54.0 Å². The summed E-state index contributed by atoms with van der Waals surface area (Å²) in [7, 11) is 0. The Hall–Kier alpha value is -0.340. The van der Waals surface area contributed by atoms with E-state index in [4.69, 9.17) is 0 Å². The maximum Gasteiger partial charge on any atom is 0.0386 e. The van der Waals surface area contributed by atoms with Crippen LogP contribution >= 0.6 is 11.3 Å². The zero-order valence-corrected chi connectivity index (χ0v) is 10.9. The molecule has 0 bridgehead atoms. The Balaban J connectivity index is 1.57. The molecule has 1 aromatic rings. The second-order valence-corrected chi connectivity index (χ2v) is 6.55. The topological polar surface area (TPSA) is 12.0 Å². The van der Waals surface area contributed by atoms with Crippen LogP contribution in [-0.4, -0.2) is 6.54 Å². The van der Waals surface area contributed by atoms with Crippen molar-refractivity contribution < 1.29 is 0 Å². The highest BCUT2D eigenvalue weighted by Crippen LogP contribution is 2.34. The molecule has 1 saturated carbocycles. The third-order valence-corrected chi connectivity index (χ3v) is 5.55. The summed E-state index contributed by atoms with van der Waals surface area (Å²) in [6, 6.07) is 3.02. The zero-order chi connectivity index (χ0) is 11.0. The maximum atomic E-state index is 3.70. The van der Waals surface area contributed by atoms with E-state index in [-0.39, 0.29) is 0 Å². The molecular formula is C14H21NS. The standard InChI is InChI=1S/C14H21NS/c1-10(15-9-11-4-2-5-11)14-8-12-6-3-7-13(12)16-14/h8,10-11,15H,2-7,9H2,1H3. The summed E-state index contributed by atoms with van der Waals surface area (Å²) in [4.78, 5) is 3.22. The Morgan fingerprint density at radius 3 is 2.94 bits per heavy atom. The first kappa shape index (κ1) is 10.8. The monoisotopic (exact) mass is 235 g/mol. The fraction of sp³-hybridized carbons (Fsp3) is 0.714. The number of nitrogens with one attached hydrogen (secondary N) is 1. The molecule has 0 saturated heterocycles. The number of fused-ring (bicyclic) bond motifs is 1. The van der Waals surface area contributed by atoms with Crippen LogP contribution in [-0.2, 0) is 12.8 Å². The van der Waals surface area contributed by atoms with E-state index < -0.39 is 0 Å². The van der Waals surface area contributed by atoms with Crippen molar-refractivity contribution >= 4 is 11.3 Å². The van der Waals surface area contributed by atoms with Gasteiger partial charge < -0.3 is 5.32 Å². The van der Waals surface area contributed by atoms with E-state index in [2.05, 4.69) is 18.3 Å². The Bertz CT molecular complexity index is 343. The molecule has 1 aromatic heterocycles. The van der Waals surface area contributed by atoms with Gasteiger partial charge >= 0.3 is 0 Å². The second kappa shape index (κ2) is 4.50. The molecule has 0 amide bonds. The summed E-state index contributed by atoms with van der Waals surface area (Å²) in [6.07, 6.45) is 8.37. The Labute approximate surface area is 102 Å². The average molecular weight is 235 g/mol. The molecule has 1 heterocycles. The molecule has 0 spiro atoms. The summed E-state index contributed by atoms with van der Waals surface area (Å²) >= 11 is 2.04. The summed E-state index contributed by atoms with van der Waals surface area (Å²) in [5, 5.41) is 3.70. The Morgan fingerprint density at radius 2 is 2.25 bits per heavy atom. The predicted molar refractivity (Wildman–Crippen MR) is 70.1 cm³/mol. The van der Waals surface area contributed by atoms with E-state index >= 15 is 0 Å². The number of hydrogen-bond acceptors (Lipinski definition) is 2. The van der Waals surface area contributed by atoms with Crippen LogP contribution in [0.3, 0.4) is 0 Å². The first-order valence-electron chi connectivity index (χ1n) is 6.68. The molecule has 1 fully saturated rings. The molecule has 0 radical (unpaired) electrons.